The Morgan fingerprint density at radius 1 is 0.517 bits per heavy atom. The van der Waals surface area contributed by atoms with Crippen LogP contribution in [0, 0.1) is 0 Å². The molecule has 3 N–H and O–H groups in total. The van der Waals surface area contributed by atoms with E-state index in [4.69, 9.17) is 58.5 Å². The number of hydrogen-bond donors (Lipinski definition) is 3. The van der Waals surface area contributed by atoms with Gasteiger partial charge in [-0.1, -0.05) is 126 Å². The molecule has 0 aromatic heterocycles. The summed E-state index contributed by atoms with van der Waals surface area (Å²) >= 11 is 17.0. The van der Waals surface area contributed by atoms with Gasteiger partial charge in [-0.15, -0.1) is 0 Å². The molecule has 0 aliphatic heterocycles. The van der Waals surface area contributed by atoms with Crippen LogP contribution >= 0.6 is 34.8 Å². The molecule has 0 saturated heterocycles. The Morgan fingerprint density at radius 2 is 0.862 bits per heavy atom. The first-order valence-corrected chi connectivity index (χ1v) is 18.9. The summed E-state index contributed by atoms with van der Waals surface area (Å²) in [5.41, 5.74) is 0.858. The minimum atomic E-state index is -1.96. The van der Waals surface area contributed by atoms with E-state index < -0.39 is 95.2 Å². The number of rotatable bonds is 19. The van der Waals surface area contributed by atoms with E-state index in [1.807, 2.05) is 0 Å². The summed E-state index contributed by atoms with van der Waals surface area (Å²) in [5.74, 6) is -6.14. The maximum atomic E-state index is 13.5. The van der Waals surface area contributed by atoms with Gasteiger partial charge in [0.1, 0.15) is 50.2 Å². The first-order chi connectivity index (χ1) is 27.4. The lowest BCUT2D eigenvalue weighted by atomic mass is 10.1. The van der Waals surface area contributed by atoms with Crippen LogP contribution in [-0.4, -0.2) is 75.9 Å². The summed E-state index contributed by atoms with van der Waals surface area (Å²) < 4.78 is 24.3. The summed E-state index contributed by atoms with van der Waals surface area (Å²) in [6, 6.07) is 20.7. The topological polar surface area (TPSA) is 202 Å². The molecular weight excluding hydrogens is 821 g/mol. The molecule has 3 rings (SSSR count). The molecule has 3 amide bonds. The van der Waals surface area contributed by atoms with Gasteiger partial charge in [0.2, 0.25) is 15.6 Å². The van der Waals surface area contributed by atoms with Gasteiger partial charge >= 0.3 is 30.0 Å². The van der Waals surface area contributed by atoms with Crippen molar-refractivity contribution in [2.24, 2.45) is 0 Å². The third-order valence-corrected chi connectivity index (χ3v) is 7.76. The molecular formula is C40H44Cl3N3O12. The van der Waals surface area contributed by atoms with E-state index >= 15 is 0 Å². The van der Waals surface area contributed by atoms with Crippen LogP contribution in [0.3, 0.4) is 0 Å². The highest BCUT2D eigenvalue weighted by molar-refractivity contribution is 6.67. The fraction of sp³-hybridized carbons (Fsp3) is 0.375. The third-order valence-electron chi connectivity index (χ3n) is 7.43. The van der Waals surface area contributed by atoms with Gasteiger partial charge in [0.15, 0.2) is 0 Å². The van der Waals surface area contributed by atoms with Gasteiger partial charge in [-0.05, 0) is 37.5 Å². The molecule has 3 aromatic carbocycles. The second kappa shape index (κ2) is 23.1. The maximum Gasteiger partial charge on any atom is 0.408 e. The van der Waals surface area contributed by atoms with Crippen molar-refractivity contribution in [3.63, 3.8) is 0 Å². The zero-order chi connectivity index (χ0) is 42.7. The summed E-state index contributed by atoms with van der Waals surface area (Å²) in [6.45, 7) is 3.48. The summed E-state index contributed by atoms with van der Waals surface area (Å²) in [4.78, 5) is 92.1. The van der Waals surface area contributed by atoms with Gasteiger partial charge in [0.05, 0.1) is 19.3 Å². The van der Waals surface area contributed by atoms with Crippen LogP contribution < -0.4 is 16.0 Å². The minimum Gasteiger partial charge on any atom is -0.461 e. The number of carbonyl (C=O) groups excluding carboxylic acids is 7. The van der Waals surface area contributed by atoms with Gasteiger partial charge in [0, 0.05) is 0 Å². The molecule has 0 aliphatic carbocycles. The van der Waals surface area contributed by atoms with Crippen molar-refractivity contribution < 1.29 is 57.2 Å². The zero-order valence-electron chi connectivity index (χ0n) is 31.9. The monoisotopic (exact) mass is 863 g/mol. The molecule has 0 aliphatic rings. The Balaban J connectivity index is 1.80. The predicted molar refractivity (Wildman–Crippen MR) is 211 cm³/mol. The number of alkyl carbamates (subject to hydrolysis) is 1. The number of hydrogen-bond acceptors (Lipinski definition) is 12. The molecule has 0 radical (unpaired) electrons. The van der Waals surface area contributed by atoms with Crippen molar-refractivity contribution in [1.82, 2.24) is 16.0 Å². The maximum absolute atomic E-state index is 13.5. The number of alkyl halides is 3. The standard InChI is InChI=1S/C40H44Cl3N3O12/c1-39(2,3)58-38(53)46-30(36(51)55-23-27-15-9-5-10-16-27)20-33(48)44-29(35(50)54-22-26-13-7-4-8-14-26)19-32(47)45-31(21-34(49)57-25-40(41,42)43)37(52)56-24-28-17-11-6-12-18-28/h4-18,29-31H,19-25H2,1-3H3,(H,44,48)(H,45,47)(H,46,53)/t29-,30-,31-/m0/s1. The van der Waals surface area contributed by atoms with E-state index in [1.54, 1.807) is 112 Å². The number of carbonyl (C=O) groups is 7. The highest BCUT2D eigenvalue weighted by Gasteiger charge is 2.34. The Hall–Kier alpha value is -5.38. The molecule has 0 spiro atoms. The van der Waals surface area contributed by atoms with Crippen LogP contribution in [0.25, 0.3) is 0 Å². The van der Waals surface area contributed by atoms with Gasteiger partial charge in [0.25, 0.3) is 0 Å². The van der Waals surface area contributed by atoms with Crippen LogP contribution in [0.15, 0.2) is 91.0 Å². The molecule has 15 nitrogen and oxygen atoms in total. The van der Waals surface area contributed by atoms with E-state index in [0.29, 0.717) is 16.7 Å². The average molecular weight is 865 g/mol. The van der Waals surface area contributed by atoms with E-state index in [9.17, 15) is 33.6 Å². The first kappa shape index (κ1) is 47.0. The largest absolute Gasteiger partial charge is 0.461 e. The molecule has 3 aromatic rings. The third kappa shape index (κ3) is 19.2. The number of ether oxygens (including phenoxy) is 5. The van der Waals surface area contributed by atoms with Crippen LogP contribution in [0.1, 0.15) is 56.7 Å². The Labute approximate surface area is 350 Å². The van der Waals surface area contributed by atoms with E-state index in [-0.39, 0.29) is 19.8 Å². The average Bonchev–Trinajstić information content (AvgIpc) is 3.16. The van der Waals surface area contributed by atoms with Crippen LogP contribution in [0.5, 0.6) is 0 Å². The highest BCUT2D eigenvalue weighted by Crippen LogP contribution is 2.26. The van der Waals surface area contributed by atoms with Gasteiger partial charge in [-0.25, -0.2) is 19.2 Å². The predicted octanol–water partition coefficient (Wildman–Crippen LogP) is 5.16. The van der Waals surface area contributed by atoms with Crippen molar-refractivity contribution in [2.45, 2.75) is 87.4 Å². The van der Waals surface area contributed by atoms with Crippen molar-refractivity contribution >= 4 is 76.6 Å². The van der Waals surface area contributed by atoms with Crippen molar-refractivity contribution in [3.8, 4) is 0 Å². The Morgan fingerprint density at radius 3 is 1.21 bits per heavy atom. The van der Waals surface area contributed by atoms with Crippen molar-refractivity contribution in [3.05, 3.63) is 108 Å². The molecule has 0 unspecified atom stereocenters. The van der Waals surface area contributed by atoms with Crippen molar-refractivity contribution in [2.75, 3.05) is 6.61 Å². The van der Waals surface area contributed by atoms with Gasteiger partial charge in [-0.3, -0.25) is 14.4 Å². The molecule has 58 heavy (non-hydrogen) atoms. The molecule has 0 bridgehead atoms. The van der Waals surface area contributed by atoms with Crippen LogP contribution in [-0.2, 0) is 72.3 Å². The quantitative estimate of drug-likeness (QED) is 0.0813. The molecule has 18 heteroatoms. The zero-order valence-corrected chi connectivity index (χ0v) is 34.1. The number of amides is 3. The fourth-order valence-corrected chi connectivity index (χ4v) is 4.95. The lowest BCUT2D eigenvalue weighted by molar-refractivity contribution is -0.155. The molecule has 0 saturated carbocycles. The minimum absolute atomic E-state index is 0.185. The van der Waals surface area contributed by atoms with E-state index in [0.717, 1.165) is 0 Å². The second-order valence-corrected chi connectivity index (χ2v) is 16.1. The summed E-state index contributed by atoms with van der Waals surface area (Å²) in [7, 11) is 0. The normalized spacial score (nSPS) is 12.7. The molecule has 3 atom stereocenters. The lowest BCUT2D eigenvalue weighted by Crippen LogP contribution is -2.51. The fourth-order valence-electron chi connectivity index (χ4n) is 4.78. The Kier molecular flexibility index (Phi) is 18.7. The SMILES string of the molecule is CC(C)(C)OC(=O)N[C@@H](CC(=O)N[C@@H](CC(=O)N[C@@H](CC(=O)OCC(Cl)(Cl)Cl)C(=O)OCc1ccccc1)C(=O)OCc1ccccc1)C(=O)OCc1ccccc1. The van der Waals surface area contributed by atoms with Gasteiger partial charge in [-0.2, -0.15) is 0 Å². The molecule has 0 fully saturated rings. The van der Waals surface area contributed by atoms with E-state index in [2.05, 4.69) is 16.0 Å². The van der Waals surface area contributed by atoms with Crippen molar-refractivity contribution in [1.29, 1.82) is 0 Å². The lowest BCUT2D eigenvalue weighted by Gasteiger charge is -2.24. The van der Waals surface area contributed by atoms with Gasteiger partial charge < -0.3 is 39.6 Å². The Bertz CT molecular complexity index is 1840. The smallest absolute Gasteiger partial charge is 0.408 e. The summed E-state index contributed by atoms with van der Waals surface area (Å²) in [6.07, 6.45) is -3.38. The molecule has 312 valence electrons. The highest BCUT2D eigenvalue weighted by atomic mass is 35.6. The van der Waals surface area contributed by atoms with E-state index in [1.165, 1.54) is 0 Å². The number of benzene rings is 3. The second-order valence-electron chi connectivity index (χ2n) is 13.6. The number of esters is 4. The number of nitrogens with one attached hydrogen (secondary N) is 3. The molecule has 0 heterocycles. The number of halogens is 3. The van der Waals surface area contributed by atoms with Crippen LogP contribution in [0.4, 0.5) is 4.79 Å². The first-order valence-electron chi connectivity index (χ1n) is 17.8. The van der Waals surface area contributed by atoms with Crippen LogP contribution in [0.2, 0.25) is 0 Å². The summed E-state index contributed by atoms with van der Waals surface area (Å²) in [5, 5.41) is 7.02.